The van der Waals surface area contributed by atoms with E-state index in [1.807, 2.05) is 18.2 Å². The molecule has 1 spiro atoms. The van der Waals surface area contributed by atoms with Crippen molar-refractivity contribution in [2.75, 3.05) is 6.54 Å². The van der Waals surface area contributed by atoms with Crippen LogP contribution >= 0.6 is 0 Å². The monoisotopic (exact) mass is 386 g/mol. The summed E-state index contributed by atoms with van der Waals surface area (Å²) in [6, 6.07) is 9.62. The maximum absolute atomic E-state index is 12.7. The second-order valence-corrected chi connectivity index (χ2v) is 8.32. The molecule has 1 unspecified atom stereocenters. The van der Waals surface area contributed by atoms with Crippen LogP contribution in [0.3, 0.4) is 0 Å². The molecule has 0 bridgehead atoms. The molecule has 1 aromatic rings. The summed E-state index contributed by atoms with van der Waals surface area (Å²) in [4.78, 5) is 27.4. The summed E-state index contributed by atoms with van der Waals surface area (Å²) >= 11 is 0. The highest BCUT2D eigenvalue weighted by molar-refractivity contribution is 5.79. The lowest BCUT2D eigenvalue weighted by Gasteiger charge is -2.56. The van der Waals surface area contributed by atoms with Crippen molar-refractivity contribution in [3.05, 3.63) is 35.9 Å². The minimum atomic E-state index is -1.35. The van der Waals surface area contributed by atoms with E-state index in [0.717, 1.165) is 45.1 Å². The Morgan fingerprint density at radius 1 is 0.929 bits per heavy atom. The van der Waals surface area contributed by atoms with Crippen molar-refractivity contribution in [3.63, 3.8) is 0 Å². The minimum absolute atomic E-state index is 0.143. The molecule has 6 nitrogen and oxygen atoms in total. The molecule has 0 amide bonds. The van der Waals surface area contributed by atoms with E-state index >= 15 is 0 Å². The summed E-state index contributed by atoms with van der Waals surface area (Å²) in [7, 11) is 0. The predicted octanol–water partition coefficient (Wildman–Crippen LogP) is 3.19. The van der Waals surface area contributed by atoms with E-state index in [4.69, 9.17) is 15.2 Å². The van der Waals surface area contributed by atoms with Crippen LogP contribution < -0.4 is 5.73 Å². The highest BCUT2D eigenvalue weighted by Gasteiger charge is 2.56. The van der Waals surface area contributed by atoms with E-state index in [1.165, 1.54) is 12.0 Å². The molecular weight excluding hydrogens is 356 g/mol. The fourth-order valence-electron chi connectivity index (χ4n) is 5.15. The van der Waals surface area contributed by atoms with Gasteiger partial charge in [0.25, 0.3) is 0 Å². The predicted molar refractivity (Wildman–Crippen MR) is 104 cm³/mol. The maximum Gasteiger partial charge on any atom is 0.327 e. The summed E-state index contributed by atoms with van der Waals surface area (Å²) in [6.07, 6.45) is 8.04. The van der Waals surface area contributed by atoms with Crippen molar-refractivity contribution >= 4 is 11.9 Å². The highest BCUT2D eigenvalue weighted by Crippen LogP contribution is 2.49. The molecule has 1 aliphatic carbocycles. The summed E-state index contributed by atoms with van der Waals surface area (Å²) in [5.41, 5.74) is 6.87. The number of piperidine rings is 1. The quantitative estimate of drug-likeness (QED) is 0.786. The zero-order valence-corrected chi connectivity index (χ0v) is 16.4. The molecule has 3 fully saturated rings. The van der Waals surface area contributed by atoms with Gasteiger partial charge in [0.2, 0.25) is 0 Å². The van der Waals surface area contributed by atoms with Gasteiger partial charge in [0.05, 0.1) is 5.54 Å². The molecule has 3 aliphatic rings. The first-order valence-corrected chi connectivity index (χ1v) is 10.6. The number of nitrogens with two attached hydrogens (primary N) is 1. The summed E-state index contributed by atoms with van der Waals surface area (Å²) in [5, 5.41) is 0. The van der Waals surface area contributed by atoms with Gasteiger partial charge in [-0.2, -0.15) is 0 Å². The highest BCUT2D eigenvalue weighted by atomic mass is 16.8. The standard InChI is InChI=1S/C22H30N2O4/c23-18-11-12-19(25)27-22(28-20(18)26)15-7-8-16-24(22)21(13-5-2-6-14-21)17-9-3-1-4-10-17/h1,3-4,9-10,18H,2,5-8,11-16,23H2/t18-,22?/m1/s1. The fourth-order valence-corrected chi connectivity index (χ4v) is 5.15. The molecule has 1 saturated carbocycles. The first kappa shape index (κ1) is 19.4. The largest absolute Gasteiger partial charge is 0.408 e. The van der Waals surface area contributed by atoms with Gasteiger partial charge in [-0.25, -0.2) is 4.90 Å². The van der Waals surface area contributed by atoms with Crippen LogP contribution in [0, 0.1) is 0 Å². The van der Waals surface area contributed by atoms with Crippen LogP contribution in [-0.2, 0) is 24.6 Å². The number of carbonyl (C=O) groups is 2. The number of hydrogen-bond acceptors (Lipinski definition) is 6. The lowest BCUT2D eigenvalue weighted by atomic mass is 9.74. The van der Waals surface area contributed by atoms with Crippen LogP contribution in [0.25, 0.3) is 0 Å². The van der Waals surface area contributed by atoms with Gasteiger partial charge < -0.3 is 15.2 Å². The van der Waals surface area contributed by atoms with E-state index in [2.05, 4.69) is 17.0 Å². The first-order chi connectivity index (χ1) is 13.6. The molecule has 2 saturated heterocycles. The number of hydrogen-bond donors (Lipinski definition) is 1. The van der Waals surface area contributed by atoms with Crippen LogP contribution in [-0.4, -0.2) is 35.3 Å². The van der Waals surface area contributed by atoms with Gasteiger partial charge in [-0.05, 0) is 37.7 Å². The number of rotatable bonds is 2. The third kappa shape index (κ3) is 3.44. The van der Waals surface area contributed by atoms with Gasteiger partial charge in [-0.3, -0.25) is 9.59 Å². The molecular formula is C22H30N2O4. The summed E-state index contributed by atoms with van der Waals surface area (Å²) < 4.78 is 11.9. The Morgan fingerprint density at radius 2 is 1.64 bits per heavy atom. The van der Waals surface area contributed by atoms with Gasteiger partial charge in [0.1, 0.15) is 6.04 Å². The Bertz CT molecular complexity index is 717. The van der Waals surface area contributed by atoms with E-state index in [1.54, 1.807) is 0 Å². The van der Waals surface area contributed by atoms with Crippen LogP contribution in [0.1, 0.15) is 69.8 Å². The van der Waals surface area contributed by atoms with E-state index in [9.17, 15) is 9.59 Å². The van der Waals surface area contributed by atoms with Crippen LogP contribution in [0.4, 0.5) is 0 Å². The number of ether oxygens (including phenoxy) is 2. The smallest absolute Gasteiger partial charge is 0.327 e. The Hall–Kier alpha value is -1.92. The van der Waals surface area contributed by atoms with Crippen molar-refractivity contribution in [2.24, 2.45) is 5.73 Å². The SMILES string of the molecule is N[C@@H]1CCC(=O)OC2(CCCCN2C2(c3ccccc3)CCCCC2)OC1=O. The van der Waals surface area contributed by atoms with Crippen molar-refractivity contribution in [1.29, 1.82) is 0 Å². The maximum atomic E-state index is 12.7. The molecule has 152 valence electrons. The molecule has 2 atom stereocenters. The number of nitrogens with zero attached hydrogens (tertiary/aromatic N) is 1. The van der Waals surface area contributed by atoms with E-state index in [-0.39, 0.29) is 24.3 Å². The summed E-state index contributed by atoms with van der Waals surface area (Å²) in [6.45, 7) is 0.727. The third-order valence-electron chi connectivity index (χ3n) is 6.54. The Kier molecular flexibility index (Phi) is 5.43. The molecule has 6 heteroatoms. The van der Waals surface area contributed by atoms with Crippen LogP contribution in [0.15, 0.2) is 30.3 Å². The zero-order valence-electron chi connectivity index (χ0n) is 16.4. The Balaban J connectivity index is 1.79. The number of likely N-dealkylation sites (tertiary alicyclic amines) is 1. The molecule has 2 heterocycles. The van der Waals surface area contributed by atoms with Crippen molar-refractivity contribution in [1.82, 2.24) is 4.90 Å². The normalized spacial score (nSPS) is 31.5. The molecule has 4 rings (SSSR count). The van der Waals surface area contributed by atoms with Gasteiger partial charge >= 0.3 is 17.8 Å². The van der Waals surface area contributed by atoms with E-state index in [0.29, 0.717) is 6.42 Å². The second kappa shape index (κ2) is 7.84. The number of carbonyl (C=O) groups excluding carboxylic acids is 2. The van der Waals surface area contributed by atoms with E-state index < -0.39 is 17.9 Å². The fraction of sp³-hybridized carbons (Fsp3) is 0.636. The topological polar surface area (TPSA) is 81.9 Å². The third-order valence-corrected chi connectivity index (χ3v) is 6.54. The van der Waals surface area contributed by atoms with Gasteiger partial charge in [-0.1, -0.05) is 49.6 Å². The minimum Gasteiger partial charge on any atom is -0.408 e. The molecule has 28 heavy (non-hydrogen) atoms. The Morgan fingerprint density at radius 3 is 2.39 bits per heavy atom. The Labute approximate surface area is 166 Å². The number of benzene rings is 1. The molecule has 1 aromatic carbocycles. The first-order valence-electron chi connectivity index (χ1n) is 10.6. The molecule has 2 aliphatic heterocycles. The van der Waals surface area contributed by atoms with Gasteiger partial charge in [-0.15, -0.1) is 0 Å². The van der Waals surface area contributed by atoms with Crippen molar-refractivity contribution < 1.29 is 19.1 Å². The molecule has 2 N–H and O–H groups in total. The molecule has 0 radical (unpaired) electrons. The van der Waals surface area contributed by atoms with Crippen molar-refractivity contribution in [2.45, 2.75) is 81.7 Å². The zero-order chi connectivity index (χ0) is 19.6. The number of esters is 2. The average Bonchev–Trinajstić information content (AvgIpc) is 2.72. The molecule has 0 aromatic heterocycles. The lowest BCUT2D eigenvalue weighted by molar-refractivity contribution is -0.327. The van der Waals surface area contributed by atoms with Crippen molar-refractivity contribution in [3.8, 4) is 0 Å². The average molecular weight is 386 g/mol. The van der Waals surface area contributed by atoms with Crippen LogP contribution in [0.5, 0.6) is 0 Å². The second-order valence-electron chi connectivity index (χ2n) is 8.32. The lowest BCUT2D eigenvalue weighted by Crippen LogP contribution is -2.66. The summed E-state index contributed by atoms with van der Waals surface area (Å²) in [5.74, 6) is -2.16. The van der Waals surface area contributed by atoms with Gasteiger partial charge in [0, 0.05) is 19.4 Å². The van der Waals surface area contributed by atoms with Gasteiger partial charge in [0.15, 0.2) is 0 Å². The van der Waals surface area contributed by atoms with Crippen LogP contribution in [0.2, 0.25) is 0 Å².